The molecule has 0 aromatic heterocycles. The Morgan fingerprint density at radius 3 is 2.52 bits per heavy atom. The molecule has 0 radical (unpaired) electrons. The number of nitriles is 1. The molecule has 1 saturated heterocycles. The van der Waals surface area contributed by atoms with Crippen molar-refractivity contribution in [1.82, 2.24) is 10.2 Å². The van der Waals surface area contributed by atoms with Crippen molar-refractivity contribution >= 4 is 6.03 Å². The number of hydrogen-bond donors (Lipinski definition) is 1. The summed E-state index contributed by atoms with van der Waals surface area (Å²) in [5.74, 6) is 0.735. The highest BCUT2D eigenvalue weighted by Gasteiger charge is 2.33. The summed E-state index contributed by atoms with van der Waals surface area (Å²) in [5.41, 5.74) is 0.613. The summed E-state index contributed by atoms with van der Waals surface area (Å²) in [6.45, 7) is 1.21. The number of ether oxygens (including phenoxy) is 1. The fourth-order valence-electron chi connectivity index (χ4n) is 2.48. The first-order valence-electron chi connectivity index (χ1n) is 7.12. The van der Waals surface area contributed by atoms with Crippen molar-refractivity contribution in [3.63, 3.8) is 0 Å². The maximum Gasteiger partial charge on any atom is 0.317 e. The molecule has 1 aromatic rings. The molecule has 108 valence electrons. The van der Waals surface area contributed by atoms with E-state index < -0.39 is 0 Å². The summed E-state index contributed by atoms with van der Waals surface area (Å²) in [7, 11) is 0. The molecular weight excluding hydrogens is 266 g/mol. The first kappa shape index (κ1) is 13.5. The zero-order valence-electron chi connectivity index (χ0n) is 11.7. The second-order valence-corrected chi connectivity index (χ2v) is 5.37. The predicted octanol–water partition coefficient (Wildman–Crippen LogP) is 2.05. The molecule has 2 amide bonds. The van der Waals surface area contributed by atoms with Crippen LogP contribution in [-0.2, 0) is 0 Å². The molecule has 0 spiro atoms. The average Bonchev–Trinajstić information content (AvgIpc) is 2.95. The van der Waals surface area contributed by atoms with Crippen LogP contribution in [0.15, 0.2) is 36.4 Å². The van der Waals surface area contributed by atoms with Crippen LogP contribution in [0.25, 0.3) is 0 Å². The molecule has 1 fully saturated rings. The van der Waals surface area contributed by atoms with Gasteiger partial charge in [0, 0.05) is 6.04 Å². The lowest BCUT2D eigenvalue weighted by Gasteiger charge is -2.39. The van der Waals surface area contributed by atoms with Gasteiger partial charge in [-0.15, -0.1) is 0 Å². The van der Waals surface area contributed by atoms with E-state index in [1.165, 1.54) is 0 Å². The number of likely N-dealkylation sites (tertiary alicyclic amines) is 1. The van der Waals surface area contributed by atoms with Crippen LogP contribution < -0.4 is 10.1 Å². The smallest absolute Gasteiger partial charge is 0.317 e. The minimum atomic E-state index is -0.0108. The molecular formula is C16H17N3O2. The molecule has 21 heavy (non-hydrogen) atoms. The van der Waals surface area contributed by atoms with Crippen molar-refractivity contribution in [1.29, 1.82) is 5.26 Å². The SMILES string of the molecule is N#Cc1ccc(OC2CN(C(=O)NC3CC=CC3)C2)cc1. The van der Waals surface area contributed by atoms with Gasteiger partial charge in [0.1, 0.15) is 11.9 Å². The molecule has 0 atom stereocenters. The Hall–Kier alpha value is -2.48. The zero-order chi connectivity index (χ0) is 14.7. The van der Waals surface area contributed by atoms with Crippen LogP contribution in [0.5, 0.6) is 5.75 Å². The van der Waals surface area contributed by atoms with E-state index in [9.17, 15) is 4.79 Å². The Morgan fingerprint density at radius 2 is 1.90 bits per heavy atom. The monoisotopic (exact) mass is 283 g/mol. The average molecular weight is 283 g/mol. The number of rotatable bonds is 3. The second kappa shape index (κ2) is 5.88. The van der Waals surface area contributed by atoms with E-state index in [1.54, 1.807) is 29.2 Å². The maximum absolute atomic E-state index is 12.0. The van der Waals surface area contributed by atoms with Gasteiger partial charge < -0.3 is 15.0 Å². The molecule has 0 bridgehead atoms. The van der Waals surface area contributed by atoms with Crippen LogP contribution in [0.4, 0.5) is 4.79 Å². The van der Waals surface area contributed by atoms with Crippen molar-refractivity contribution in [2.45, 2.75) is 25.0 Å². The molecule has 0 saturated carbocycles. The van der Waals surface area contributed by atoms with Crippen molar-refractivity contribution in [2.75, 3.05) is 13.1 Å². The summed E-state index contributed by atoms with van der Waals surface area (Å²) in [4.78, 5) is 13.7. The highest BCUT2D eigenvalue weighted by Crippen LogP contribution is 2.19. The van der Waals surface area contributed by atoms with E-state index >= 15 is 0 Å². The van der Waals surface area contributed by atoms with E-state index in [2.05, 4.69) is 23.5 Å². The van der Waals surface area contributed by atoms with E-state index in [1.807, 2.05) is 0 Å². The van der Waals surface area contributed by atoms with E-state index in [4.69, 9.17) is 10.00 Å². The Kier molecular flexibility index (Phi) is 3.78. The molecule has 1 N–H and O–H groups in total. The zero-order valence-corrected chi connectivity index (χ0v) is 11.7. The lowest BCUT2D eigenvalue weighted by Crippen LogP contribution is -2.59. The molecule has 0 unspecified atom stereocenters. The minimum absolute atomic E-state index is 0.0108. The topological polar surface area (TPSA) is 65.4 Å². The van der Waals surface area contributed by atoms with Gasteiger partial charge in [0.25, 0.3) is 0 Å². The standard InChI is InChI=1S/C16H17N3O2/c17-9-12-5-7-14(8-6-12)21-15-10-19(11-15)16(20)18-13-3-1-2-4-13/h1-2,5-8,13,15H,3-4,10-11H2,(H,18,20). The third kappa shape index (κ3) is 3.16. The third-order valence-corrected chi connectivity index (χ3v) is 3.76. The van der Waals surface area contributed by atoms with Crippen LogP contribution in [0.1, 0.15) is 18.4 Å². The largest absolute Gasteiger partial charge is 0.487 e. The molecule has 1 aromatic carbocycles. The normalized spacial score (nSPS) is 18.1. The number of urea groups is 1. The quantitative estimate of drug-likeness (QED) is 0.863. The second-order valence-electron chi connectivity index (χ2n) is 5.37. The number of carbonyl (C=O) groups excluding carboxylic acids is 1. The molecule has 1 heterocycles. The highest BCUT2D eigenvalue weighted by atomic mass is 16.5. The van der Waals surface area contributed by atoms with Gasteiger partial charge in [-0.25, -0.2) is 4.79 Å². The molecule has 5 nitrogen and oxygen atoms in total. The van der Waals surface area contributed by atoms with E-state index in [0.29, 0.717) is 18.7 Å². The van der Waals surface area contributed by atoms with Gasteiger partial charge in [0.15, 0.2) is 0 Å². The van der Waals surface area contributed by atoms with Gasteiger partial charge in [-0.05, 0) is 37.1 Å². The number of nitrogens with zero attached hydrogens (tertiary/aromatic N) is 2. The third-order valence-electron chi connectivity index (χ3n) is 3.76. The number of amides is 2. The van der Waals surface area contributed by atoms with Crippen molar-refractivity contribution < 1.29 is 9.53 Å². The summed E-state index contributed by atoms with van der Waals surface area (Å²) in [6.07, 6.45) is 6.07. The molecule has 3 rings (SSSR count). The van der Waals surface area contributed by atoms with Crippen molar-refractivity contribution in [3.05, 3.63) is 42.0 Å². The van der Waals surface area contributed by atoms with Crippen LogP contribution in [0.2, 0.25) is 0 Å². The predicted molar refractivity (Wildman–Crippen MR) is 77.8 cm³/mol. The van der Waals surface area contributed by atoms with Crippen LogP contribution in [0, 0.1) is 11.3 Å². The lowest BCUT2D eigenvalue weighted by atomic mass is 10.1. The fourth-order valence-corrected chi connectivity index (χ4v) is 2.48. The summed E-state index contributed by atoms with van der Waals surface area (Å²) in [5, 5.41) is 11.7. The van der Waals surface area contributed by atoms with Crippen LogP contribution in [0.3, 0.4) is 0 Å². The van der Waals surface area contributed by atoms with Gasteiger partial charge in [0.05, 0.1) is 24.7 Å². The first-order chi connectivity index (χ1) is 10.2. The lowest BCUT2D eigenvalue weighted by molar-refractivity contribution is 0.0436. The Bertz CT molecular complexity index is 575. The van der Waals surface area contributed by atoms with Gasteiger partial charge >= 0.3 is 6.03 Å². The van der Waals surface area contributed by atoms with Crippen LogP contribution >= 0.6 is 0 Å². The van der Waals surface area contributed by atoms with Gasteiger partial charge in [-0.1, -0.05) is 12.2 Å². The van der Waals surface area contributed by atoms with Crippen molar-refractivity contribution in [3.8, 4) is 11.8 Å². The van der Waals surface area contributed by atoms with Gasteiger partial charge in [-0.3, -0.25) is 0 Å². The fraction of sp³-hybridized carbons (Fsp3) is 0.375. The summed E-state index contributed by atoms with van der Waals surface area (Å²) in [6, 6.07) is 9.33. The number of hydrogen-bond acceptors (Lipinski definition) is 3. The molecule has 1 aliphatic heterocycles. The number of nitrogens with one attached hydrogen (secondary N) is 1. The van der Waals surface area contributed by atoms with Gasteiger partial charge in [-0.2, -0.15) is 5.26 Å². The Labute approximate surface area is 123 Å². The van der Waals surface area contributed by atoms with E-state index in [-0.39, 0.29) is 18.2 Å². The summed E-state index contributed by atoms with van der Waals surface area (Å²) >= 11 is 0. The molecule has 1 aliphatic carbocycles. The van der Waals surface area contributed by atoms with Crippen LogP contribution in [-0.4, -0.2) is 36.2 Å². The van der Waals surface area contributed by atoms with Gasteiger partial charge in [0.2, 0.25) is 0 Å². The summed E-state index contributed by atoms with van der Waals surface area (Å²) < 4.78 is 5.76. The molecule has 5 heteroatoms. The number of benzene rings is 1. The molecule has 2 aliphatic rings. The highest BCUT2D eigenvalue weighted by molar-refractivity contribution is 5.75. The Morgan fingerprint density at radius 1 is 1.24 bits per heavy atom. The van der Waals surface area contributed by atoms with Crippen molar-refractivity contribution in [2.24, 2.45) is 0 Å². The maximum atomic E-state index is 12.0. The first-order valence-corrected chi connectivity index (χ1v) is 7.12. The van der Waals surface area contributed by atoms with E-state index in [0.717, 1.165) is 18.6 Å². The number of carbonyl (C=O) groups is 1. The Balaban J connectivity index is 1.42. The minimum Gasteiger partial charge on any atom is -0.487 e.